The van der Waals surface area contributed by atoms with Crippen LogP contribution in [-0.2, 0) is 22.4 Å². The van der Waals surface area contributed by atoms with Crippen molar-refractivity contribution in [3.63, 3.8) is 0 Å². The largest absolute Gasteiger partial charge is 0.508 e. The summed E-state index contributed by atoms with van der Waals surface area (Å²) in [7, 11) is 2.15. The molecule has 3 unspecified atom stereocenters. The van der Waals surface area contributed by atoms with Crippen LogP contribution in [0.25, 0.3) is 10.9 Å². The number of carboxylic acids is 2. The van der Waals surface area contributed by atoms with Gasteiger partial charge in [-0.05, 0) is 44.1 Å². The van der Waals surface area contributed by atoms with Crippen molar-refractivity contribution >= 4 is 22.8 Å². The number of hydrogen-bond donors (Lipinski definition) is 6. The lowest BCUT2D eigenvalue weighted by Crippen LogP contribution is -2.39. The van der Waals surface area contributed by atoms with E-state index in [1.165, 1.54) is 10.9 Å². The highest BCUT2D eigenvalue weighted by Gasteiger charge is 2.29. The van der Waals surface area contributed by atoms with Gasteiger partial charge < -0.3 is 35.4 Å². The van der Waals surface area contributed by atoms with E-state index in [1.54, 1.807) is 6.07 Å². The van der Waals surface area contributed by atoms with Crippen LogP contribution < -0.4 is 0 Å². The molecular formula is C18H24N2O7. The van der Waals surface area contributed by atoms with Gasteiger partial charge in [-0.3, -0.25) is 0 Å². The molecule has 0 saturated heterocycles. The first-order chi connectivity index (χ1) is 12.7. The Hall–Kier alpha value is -2.62. The minimum absolute atomic E-state index is 0.438. The first-order valence-corrected chi connectivity index (χ1v) is 8.50. The molecule has 1 heterocycles. The average Bonchev–Trinajstić information content (AvgIpc) is 3.06. The van der Waals surface area contributed by atoms with Crippen LogP contribution in [0.4, 0.5) is 0 Å². The van der Waals surface area contributed by atoms with Crippen LogP contribution in [0.3, 0.4) is 0 Å². The lowest BCUT2D eigenvalue weighted by atomic mass is 9.88. The van der Waals surface area contributed by atoms with Gasteiger partial charge in [0.05, 0.1) is 0 Å². The molecule has 148 valence electrons. The van der Waals surface area contributed by atoms with Crippen molar-refractivity contribution in [2.75, 3.05) is 13.6 Å². The lowest BCUT2D eigenvalue weighted by molar-refractivity contribution is -0.165. The highest BCUT2D eigenvalue weighted by Crippen LogP contribution is 2.36. The van der Waals surface area contributed by atoms with Crippen LogP contribution in [0.2, 0.25) is 0 Å². The first kappa shape index (κ1) is 20.7. The number of aromatic amines is 1. The molecule has 6 N–H and O–H groups in total. The summed E-state index contributed by atoms with van der Waals surface area (Å²) in [6.07, 6.45) is -0.433. The zero-order chi connectivity index (χ0) is 20.3. The van der Waals surface area contributed by atoms with Crippen molar-refractivity contribution in [3.05, 3.63) is 29.5 Å². The van der Waals surface area contributed by atoms with Crippen LogP contribution in [0.15, 0.2) is 18.3 Å². The number of carboxylic acid groups (broad SMARTS) is 2. The number of carbonyl (C=O) groups is 2. The maximum Gasteiger partial charge on any atom is 0.335 e. The Labute approximate surface area is 155 Å². The number of aliphatic hydroxyl groups is 2. The molecule has 0 radical (unpaired) electrons. The number of phenolic OH excluding ortho intramolecular Hbond substituents is 1. The normalized spacial score (nSPS) is 17.9. The van der Waals surface area contributed by atoms with Crippen molar-refractivity contribution in [2.45, 2.75) is 38.0 Å². The highest BCUT2D eigenvalue weighted by molar-refractivity contribution is 5.89. The molecular weight excluding hydrogens is 356 g/mol. The molecule has 0 amide bonds. The molecule has 1 aromatic heterocycles. The molecule has 9 heteroatoms. The van der Waals surface area contributed by atoms with E-state index in [-0.39, 0.29) is 0 Å². The van der Waals surface area contributed by atoms with Gasteiger partial charge in [0, 0.05) is 28.7 Å². The van der Waals surface area contributed by atoms with Crippen LogP contribution in [-0.4, -0.2) is 79.2 Å². The van der Waals surface area contributed by atoms with E-state index >= 15 is 0 Å². The highest BCUT2D eigenvalue weighted by atomic mass is 16.4. The summed E-state index contributed by atoms with van der Waals surface area (Å²) in [5.74, 6) is -3.10. The van der Waals surface area contributed by atoms with Crippen LogP contribution in [0.1, 0.15) is 18.1 Å². The van der Waals surface area contributed by atoms with Crippen molar-refractivity contribution < 1.29 is 35.1 Å². The van der Waals surface area contributed by atoms with Crippen molar-refractivity contribution in [1.29, 1.82) is 0 Å². The Bertz CT molecular complexity index is 814. The number of aliphatic carboxylic acids is 2. The van der Waals surface area contributed by atoms with Gasteiger partial charge in [-0.2, -0.15) is 0 Å². The number of benzene rings is 1. The second kappa shape index (κ2) is 8.38. The molecule has 0 spiro atoms. The van der Waals surface area contributed by atoms with Gasteiger partial charge in [-0.15, -0.1) is 0 Å². The number of aliphatic hydroxyl groups excluding tert-OH is 2. The summed E-state index contributed by atoms with van der Waals surface area (Å²) < 4.78 is 0. The fourth-order valence-corrected chi connectivity index (χ4v) is 3.13. The average molecular weight is 380 g/mol. The number of aromatic hydroxyl groups is 1. The number of aromatic nitrogens is 1. The fraction of sp³-hybridized carbons (Fsp3) is 0.444. The summed E-state index contributed by atoms with van der Waals surface area (Å²) in [5.41, 5.74) is 3.59. The van der Waals surface area contributed by atoms with Crippen LogP contribution in [0.5, 0.6) is 5.75 Å². The van der Waals surface area contributed by atoms with Crippen molar-refractivity contribution in [2.24, 2.45) is 0 Å². The lowest BCUT2D eigenvalue weighted by Gasteiger charge is -2.30. The van der Waals surface area contributed by atoms with E-state index < -0.39 is 24.1 Å². The number of phenols is 1. The fourth-order valence-electron chi connectivity index (χ4n) is 3.13. The van der Waals surface area contributed by atoms with Gasteiger partial charge >= 0.3 is 11.9 Å². The SMILES string of the molecule is CCN(C)C1Cc2c[nH]c3ccc(O)c(c23)C1.O=C(O)C(O)C(O)C(=O)O. The summed E-state index contributed by atoms with van der Waals surface area (Å²) >= 11 is 0. The van der Waals surface area contributed by atoms with Crippen LogP contribution >= 0.6 is 0 Å². The molecule has 0 bridgehead atoms. The van der Waals surface area contributed by atoms with Gasteiger partial charge in [0.25, 0.3) is 0 Å². The third kappa shape index (κ3) is 4.38. The topological polar surface area (TPSA) is 154 Å². The van der Waals surface area contributed by atoms with Gasteiger partial charge in [-0.1, -0.05) is 6.92 Å². The van der Waals surface area contributed by atoms with E-state index in [2.05, 4.69) is 30.1 Å². The Morgan fingerprint density at radius 3 is 2.30 bits per heavy atom. The Kier molecular flexibility index (Phi) is 6.42. The first-order valence-electron chi connectivity index (χ1n) is 8.50. The van der Waals surface area contributed by atoms with Gasteiger partial charge in [-0.25, -0.2) is 9.59 Å². The molecule has 3 atom stereocenters. The molecule has 0 saturated carbocycles. The zero-order valence-corrected chi connectivity index (χ0v) is 15.1. The summed E-state index contributed by atoms with van der Waals surface area (Å²) in [6.45, 7) is 3.22. The number of hydrogen-bond acceptors (Lipinski definition) is 6. The Morgan fingerprint density at radius 2 is 1.78 bits per heavy atom. The smallest absolute Gasteiger partial charge is 0.335 e. The van der Waals surface area contributed by atoms with Gasteiger partial charge in [0.2, 0.25) is 0 Å². The predicted molar refractivity (Wildman–Crippen MR) is 96.7 cm³/mol. The monoisotopic (exact) mass is 380 g/mol. The van der Waals surface area contributed by atoms with E-state index in [1.807, 2.05) is 6.07 Å². The van der Waals surface area contributed by atoms with Crippen molar-refractivity contribution in [3.8, 4) is 5.75 Å². The van der Waals surface area contributed by atoms with E-state index in [0.717, 1.165) is 30.5 Å². The summed E-state index contributed by atoms with van der Waals surface area (Å²) in [5, 5.41) is 43.8. The number of nitrogens with one attached hydrogen (secondary N) is 1. The summed E-state index contributed by atoms with van der Waals surface area (Å²) in [6, 6.07) is 4.26. The van der Waals surface area contributed by atoms with Crippen LogP contribution in [0, 0.1) is 0 Å². The number of nitrogens with zero attached hydrogens (tertiary/aromatic N) is 1. The zero-order valence-electron chi connectivity index (χ0n) is 15.1. The van der Waals surface area contributed by atoms with E-state index in [0.29, 0.717) is 11.8 Å². The van der Waals surface area contributed by atoms with E-state index in [4.69, 9.17) is 20.4 Å². The standard InChI is InChI=1S/C14H18N2O.C4H6O6/c1-3-16(2)10-6-9-8-15-12-4-5-13(17)11(7-10)14(9)12;5-1(3(7)8)2(6)4(9)10/h4-5,8,10,15,17H,3,6-7H2,1-2H3;1-2,5-6H,(H,7,8)(H,9,10). The molecule has 3 rings (SSSR count). The molecule has 27 heavy (non-hydrogen) atoms. The maximum atomic E-state index is 10.0. The number of likely N-dealkylation sites (N-methyl/N-ethyl adjacent to an activating group) is 1. The predicted octanol–water partition coefficient (Wildman–Crippen LogP) is 0.170. The Balaban J connectivity index is 0.000000227. The van der Waals surface area contributed by atoms with Gasteiger partial charge in [0.15, 0.2) is 12.2 Å². The maximum absolute atomic E-state index is 10.0. The number of H-pyrrole nitrogens is 1. The molecule has 1 aliphatic carbocycles. The molecule has 9 nitrogen and oxygen atoms in total. The molecule has 1 aliphatic rings. The quantitative estimate of drug-likeness (QED) is 0.429. The molecule has 0 fully saturated rings. The van der Waals surface area contributed by atoms with Gasteiger partial charge in [0.1, 0.15) is 5.75 Å². The minimum atomic E-state index is -2.27. The number of rotatable bonds is 5. The minimum Gasteiger partial charge on any atom is -0.508 e. The molecule has 1 aromatic carbocycles. The van der Waals surface area contributed by atoms with Crippen molar-refractivity contribution in [1.82, 2.24) is 9.88 Å². The third-order valence-corrected chi connectivity index (χ3v) is 4.83. The summed E-state index contributed by atoms with van der Waals surface area (Å²) in [4.78, 5) is 25.2. The van der Waals surface area contributed by atoms with E-state index in [9.17, 15) is 14.7 Å². The molecule has 2 aromatic rings. The Morgan fingerprint density at radius 1 is 1.19 bits per heavy atom. The second-order valence-corrected chi connectivity index (χ2v) is 6.50. The third-order valence-electron chi connectivity index (χ3n) is 4.83. The second-order valence-electron chi connectivity index (χ2n) is 6.50. The molecule has 0 aliphatic heterocycles.